The molecule has 0 radical (unpaired) electrons. The zero-order chi connectivity index (χ0) is 11.5. The van der Waals surface area contributed by atoms with Crippen molar-refractivity contribution in [1.29, 1.82) is 0 Å². The molecule has 0 unspecified atom stereocenters. The molecule has 0 aromatic carbocycles. The Kier molecular flexibility index (Phi) is 3.97. The van der Waals surface area contributed by atoms with Crippen LogP contribution in [0.25, 0.3) is 0 Å². The molecule has 2 nitrogen and oxygen atoms in total. The summed E-state index contributed by atoms with van der Waals surface area (Å²) >= 11 is 0. The van der Waals surface area contributed by atoms with Gasteiger partial charge in [0.1, 0.15) is 0 Å². The number of nitrogens with zero attached hydrogens (tertiary/aromatic N) is 2. The zero-order valence-corrected chi connectivity index (χ0v) is 10.4. The number of allylic oxidation sites excluding steroid dienone is 1. The molecule has 1 aliphatic rings. The molecule has 0 aromatic heterocycles. The molecule has 0 aromatic rings. The third-order valence-electron chi connectivity index (χ3n) is 3.62. The molecule has 0 amide bonds. The first kappa shape index (κ1) is 12.3. The van der Waals surface area contributed by atoms with E-state index >= 15 is 0 Å². The molecule has 0 bridgehead atoms. The quantitative estimate of drug-likeness (QED) is 0.654. The first-order valence-corrected chi connectivity index (χ1v) is 5.68. The lowest BCUT2D eigenvalue weighted by atomic mass is 9.78. The Labute approximate surface area is 94.3 Å². The third-order valence-corrected chi connectivity index (χ3v) is 3.62. The summed E-state index contributed by atoms with van der Waals surface area (Å²) in [6.45, 7) is 13.5. The molecule has 1 rings (SSSR count). The van der Waals surface area contributed by atoms with Crippen LogP contribution in [0.3, 0.4) is 0 Å². The van der Waals surface area contributed by atoms with E-state index in [1.165, 1.54) is 25.9 Å². The number of likely N-dealkylation sites (tertiary alicyclic amines) is 1. The van der Waals surface area contributed by atoms with Gasteiger partial charge in [0.15, 0.2) is 0 Å². The maximum Gasteiger partial charge on any atom is 0.0263 e. The highest BCUT2D eigenvalue weighted by molar-refractivity contribution is 5.02. The smallest absolute Gasteiger partial charge is 0.0263 e. The van der Waals surface area contributed by atoms with Crippen LogP contribution in [0.1, 0.15) is 19.8 Å². The SMILES string of the molecule is C=CC1(CN(C)C(=C)C)CCN(C)CC1. The van der Waals surface area contributed by atoms with Crippen LogP contribution in [0.5, 0.6) is 0 Å². The fraction of sp³-hybridized carbons (Fsp3) is 0.692. The van der Waals surface area contributed by atoms with Crippen LogP contribution in [-0.4, -0.2) is 43.5 Å². The zero-order valence-electron chi connectivity index (χ0n) is 10.4. The van der Waals surface area contributed by atoms with Gasteiger partial charge in [-0.15, -0.1) is 6.58 Å². The largest absolute Gasteiger partial charge is 0.378 e. The van der Waals surface area contributed by atoms with Crippen LogP contribution in [0, 0.1) is 5.41 Å². The van der Waals surface area contributed by atoms with E-state index in [2.05, 4.69) is 50.1 Å². The van der Waals surface area contributed by atoms with E-state index in [0.29, 0.717) is 5.41 Å². The van der Waals surface area contributed by atoms with Crippen LogP contribution in [-0.2, 0) is 0 Å². The van der Waals surface area contributed by atoms with Crippen LogP contribution < -0.4 is 0 Å². The van der Waals surface area contributed by atoms with Crippen molar-refractivity contribution in [2.75, 3.05) is 33.7 Å². The van der Waals surface area contributed by atoms with Crippen molar-refractivity contribution in [1.82, 2.24) is 9.80 Å². The summed E-state index contributed by atoms with van der Waals surface area (Å²) in [4.78, 5) is 4.63. The van der Waals surface area contributed by atoms with Crippen molar-refractivity contribution < 1.29 is 0 Å². The average Bonchev–Trinajstić information content (AvgIpc) is 2.21. The second-order valence-corrected chi connectivity index (χ2v) is 4.96. The minimum atomic E-state index is 0.292. The lowest BCUT2D eigenvalue weighted by Gasteiger charge is -2.41. The van der Waals surface area contributed by atoms with Gasteiger partial charge in [-0.1, -0.05) is 12.7 Å². The molecule has 1 fully saturated rings. The van der Waals surface area contributed by atoms with E-state index in [4.69, 9.17) is 0 Å². The van der Waals surface area contributed by atoms with Gasteiger partial charge in [-0.2, -0.15) is 0 Å². The second kappa shape index (κ2) is 4.84. The lowest BCUT2D eigenvalue weighted by Crippen LogP contribution is -2.42. The normalized spacial score (nSPS) is 21.0. The van der Waals surface area contributed by atoms with Gasteiger partial charge in [0, 0.05) is 24.7 Å². The van der Waals surface area contributed by atoms with Crippen molar-refractivity contribution in [3.8, 4) is 0 Å². The van der Waals surface area contributed by atoms with Crippen molar-refractivity contribution in [2.24, 2.45) is 5.41 Å². The number of rotatable bonds is 4. The summed E-state index contributed by atoms with van der Waals surface area (Å²) in [5, 5.41) is 0. The third kappa shape index (κ3) is 3.10. The average molecular weight is 208 g/mol. The molecule has 86 valence electrons. The predicted octanol–water partition coefficient (Wildman–Crippen LogP) is 2.35. The van der Waals surface area contributed by atoms with E-state index < -0.39 is 0 Å². The van der Waals surface area contributed by atoms with Gasteiger partial charge < -0.3 is 9.80 Å². The van der Waals surface area contributed by atoms with Crippen molar-refractivity contribution in [3.63, 3.8) is 0 Å². The van der Waals surface area contributed by atoms with Gasteiger partial charge in [0.05, 0.1) is 0 Å². The molecule has 1 aliphatic heterocycles. The fourth-order valence-corrected chi connectivity index (χ4v) is 2.10. The summed E-state index contributed by atoms with van der Waals surface area (Å²) < 4.78 is 0. The number of piperidine rings is 1. The second-order valence-electron chi connectivity index (χ2n) is 4.96. The summed E-state index contributed by atoms with van der Waals surface area (Å²) in [5.41, 5.74) is 1.43. The minimum Gasteiger partial charge on any atom is -0.378 e. The molecule has 1 heterocycles. The van der Waals surface area contributed by atoms with Gasteiger partial charge in [0.2, 0.25) is 0 Å². The van der Waals surface area contributed by atoms with Gasteiger partial charge >= 0.3 is 0 Å². The van der Waals surface area contributed by atoms with E-state index in [-0.39, 0.29) is 0 Å². The van der Waals surface area contributed by atoms with Crippen LogP contribution in [0.2, 0.25) is 0 Å². The predicted molar refractivity (Wildman–Crippen MR) is 66.8 cm³/mol. The standard InChI is InChI=1S/C13H24N2/c1-6-13(11-15(5)12(2)3)7-9-14(4)10-8-13/h6H,1-2,7-11H2,3-5H3. The molecule has 15 heavy (non-hydrogen) atoms. The minimum absolute atomic E-state index is 0.292. The van der Waals surface area contributed by atoms with Crippen LogP contribution >= 0.6 is 0 Å². The molecule has 0 spiro atoms. The maximum atomic E-state index is 4.02. The Bertz CT molecular complexity index is 237. The molecule has 0 saturated carbocycles. The molecule has 0 N–H and O–H groups in total. The molecule has 0 atom stereocenters. The highest BCUT2D eigenvalue weighted by Gasteiger charge is 2.31. The van der Waals surface area contributed by atoms with Gasteiger partial charge in [0.25, 0.3) is 0 Å². The van der Waals surface area contributed by atoms with Crippen LogP contribution in [0.4, 0.5) is 0 Å². The van der Waals surface area contributed by atoms with Crippen molar-refractivity contribution in [2.45, 2.75) is 19.8 Å². The Morgan fingerprint density at radius 2 is 2.00 bits per heavy atom. The molecular weight excluding hydrogens is 184 g/mol. The lowest BCUT2D eigenvalue weighted by molar-refractivity contribution is 0.134. The summed E-state index contributed by atoms with van der Waals surface area (Å²) in [6, 6.07) is 0. The number of hydrogen-bond acceptors (Lipinski definition) is 2. The summed E-state index contributed by atoms with van der Waals surface area (Å²) in [5.74, 6) is 0. The van der Waals surface area contributed by atoms with Crippen molar-refractivity contribution >= 4 is 0 Å². The summed E-state index contributed by atoms with van der Waals surface area (Å²) in [7, 11) is 4.31. The van der Waals surface area contributed by atoms with Gasteiger partial charge in [-0.25, -0.2) is 0 Å². The first-order valence-electron chi connectivity index (χ1n) is 5.68. The maximum absolute atomic E-state index is 4.02. The topological polar surface area (TPSA) is 6.48 Å². The molecule has 2 heteroatoms. The Balaban J connectivity index is 2.61. The van der Waals surface area contributed by atoms with E-state index in [9.17, 15) is 0 Å². The molecule has 1 saturated heterocycles. The molecule has 0 aliphatic carbocycles. The monoisotopic (exact) mass is 208 g/mol. The Morgan fingerprint density at radius 1 is 1.47 bits per heavy atom. The highest BCUT2D eigenvalue weighted by atomic mass is 15.1. The van der Waals surface area contributed by atoms with Crippen molar-refractivity contribution in [3.05, 3.63) is 24.9 Å². The van der Waals surface area contributed by atoms with E-state index in [1.807, 2.05) is 0 Å². The van der Waals surface area contributed by atoms with E-state index in [1.54, 1.807) is 0 Å². The summed E-state index contributed by atoms with van der Waals surface area (Å²) in [6.07, 6.45) is 4.58. The Hall–Kier alpha value is -0.760. The van der Waals surface area contributed by atoms with E-state index in [0.717, 1.165) is 12.2 Å². The van der Waals surface area contributed by atoms with Gasteiger partial charge in [-0.05, 0) is 39.9 Å². The Morgan fingerprint density at radius 3 is 2.40 bits per heavy atom. The first-order chi connectivity index (χ1) is 6.99. The highest BCUT2D eigenvalue weighted by Crippen LogP contribution is 2.33. The fourth-order valence-electron chi connectivity index (χ4n) is 2.10. The van der Waals surface area contributed by atoms with Crippen LogP contribution in [0.15, 0.2) is 24.9 Å². The number of hydrogen-bond donors (Lipinski definition) is 0. The molecular formula is C13H24N2. The van der Waals surface area contributed by atoms with Gasteiger partial charge in [-0.3, -0.25) is 0 Å².